The Labute approximate surface area is 124 Å². The van der Waals surface area contributed by atoms with E-state index in [1.807, 2.05) is 0 Å². The molecule has 1 aliphatic rings. The van der Waals surface area contributed by atoms with Crippen LogP contribution in [0.5, 0.6) is 5.75 Å². The van der Waals surface area contributed by atoms with Crippen molar-refractivity contribution in [3.63, 3.8) is 0 Å². The fourth-order valence-corrected chi connectivity index (χ4v) is 2.73. The third-order valence-electron chi connectivity index (χ3n) is 3.54. The summed E-state index contributed by atoms with van der Waals surface area (Å²) in [6.07, 6.45) is 0. The minimum Gasteiger partial charge on any atom is -0.492 e. The number of ether oxygens (including phenoxy) is 1. The van der Waals surface area contributed by atoms with Crippen LogP contribution in [0.25, 0.3) is 0 Å². The van der Waals surface area contributed by atoms with Crippen LogP contribution in [0.1, 0.15) is 18.1 Å². The second-order valence-corrected chi connectivity index (χ2v) is 6.17. The number of rotatable bonds is 4. The molecule has 0 saturated carbocycles. The van der Waals surface area contributed by atoms with Crippen LogP contribution in [0.4, 0.5) is 0 Å². The molecule has 1 atom stereocenters. The molecule has 1 saturated heterocycles. The lowest BCUT2D eigenvalue weighted by atomic mass is 10.1. The average molecular weight is 327 g/mol. The maximum absolute atomic E-state index is 5.88. The Bertz CT molecular complexity index is 413. The van der Waals surface area contributed by atoms with Gasteiger partial charge in [0.1, 0.15) is 12.4 Å². The molecule has 1 heterocycles. The molecule has 0 aromatic heterocycles. The van der Waals surface area contributed by atoms with E-state index in [2.05, 4.69) is 59.1 Å². The van der Waals surface area contributed by atoms with E-state index in [9.17, 15) is 0 Å². The first kappa shape index (κ1) is 14.8. The first-order chi connectivity index (χ1) is 9.06. The van der Waals surface area contributed by atoms with Gasteiger partial charge in [-0.15, -0.1) is 0 Å². The second-order valence-electron chi connectivity index (χ2n) is 5.38. The summed E-state index contributed by atoms with van der Waals surface area (Å²) >= 11 is 3.58. The molecular weight excluding hydrogens is 304 g/mol. The maximum Gasteiger partial charge on any atom is 0.119 e. The molecule has 4 heteroatoms. The minimum absolute atomic E-state index is 0.589. The molecule has 1 aromatic rings. The Balaban J connectivity index is 1.82. The Morgan fingerprint density at radius 1 is 1.37 bits per heavy atom. The summed E-state index contributed by atoms with van der Waals surface area (Å²) in [7, 11) is 0. The van der Waals surface area contributed by atoms with Gasteiger partial charge in [-0.1, -0.05) is 15.9 Å². The van der Waals surface area contributed by atoms with Crippen molar-refractivity contribution in [1.82, 2.24) is 10.2 Å². The number of nitrogens with zero attached hydrogens (tertiary/aromatic N) is 1. The van der Waals surface area contributed by atoms with E-state index in [1.54, 1.807) is 0 Å². The smallest absolute Gasteiger partial charge is 0.119 e. The normalized spacial score (nSPS) is 20.5. The van der Waals surface area contributed by atoms with Gasteiger partial charge in [-0.25, -0.2) is 0 Å². The van der Waals surface area contributed by atoms with Crippen molar-refractivity contribution in [2.75, 3.05) is 32.8 Å². The summed E-state index contributed by atoms with van der Waals surface area (Å²) in [6.45, 7) is 11.5. The summed E-state index contributed by atoms with van der Waals surface area (Å²) in [5, 5.41) is 3.45. The van der Waals surface area contributed by atoms with Gasteiger partial charge in [0.15, 0.2) is 0 Å². The third-order valence-corrected chi connectivity index (χ3v) is 4.79. The molecule has 2 rings (SSSR count). The van der Waals surface area contributed by atoms with Gasteiger partial charge in [-0.3, -0.25) is 4.90 Å². The quantitative estimate of drug-likeness (QED) is 0.920. The average Bonchev–Trinajstić information content (AvgIpc) is 2.36. The maximum atomic E-state index is 5.88. The molecule has 0 amide bonds. The SMILES string of the molecule is Cc1cc(OCCN2CCNC(C)C2)cc(C)c1Br. The predicted molar refractivity (Wildman–Crippen MR) is 83.0 cm³/mol. The fourth-order valence-electron chi connectivity index (χ4n) is 2.50. The molecule has 0 radical (unpaired) electrons. The highest BCUT2D eigenvalue weighted by Crippen LogP contribution is 2.26. The van der Waals surface area contributed by atoms with Crippen LogP contribution in [-0.2, 0) is 0 Å². The number of halogens is 1. The van der Waals surface area contributed by atoms with Crippen molar-refractivity contribution in [2.24, 2.45) is 0 Å². The van der Waals surface area contributed by atoms with Crippen LogP contribution in [0.15, 0.2) is 16.6 Å². The Hall–Kier alpha value is -0.580. The molecular formula is C15H23BrN2O. The lowest BCUT2D eigenvalue weighted by Gasteiger charge is -2.31. The zero-order valence-electron chi connectivity index (χ0n) is 12.0. The fraction of sp³-hybridized carbons (Fsp3) is 0.600. The molecule has 0 aliphatic carbocycles. The van der Waals surface area contributed by atoms with Gasteiger partial charge in [0.05, 0.1) is 0 Å². The molecule has 1 aliphatic heterocycles. The van der Waals surface area contributed by atoms with Gasteiger partial charge < -0.3 is 10.1 Å². The van der Waals surface area contributed by atoms with Crippen molar-refractivity contribution in [3.05, 3.63) is 27.7 Å². The van der Waals surface area contributed by atoms with Crippen molar-refractivity contribution >= 4 is 15.9 Å². The highest BCUT2D eigenvalue weighted by molar-refractivity contribution is 9.10. The van der Waals surface area contributed by atoms with Gasteiger partial charge in [-0.05, 0) is 44.0 Å². The van der Waals surface area contributed by atoms with Gasteiger partial charge in [0.2, 0.25) is 0 Å². The number of hydrogen-bond acceptors (Lipinski definition) is 3. The monoisotopic (exact) mass is 326 g/mol. The van der Waals surface area contributed by atoms with Gasteiger partial charge in [0, 0.05) is 36.7 Å². The van der Waals surface area contributed by atoms with Gasteiger partial charge >= 0.3 is 0 Å². The standard InChI is InChI=1S/C15H23BrN2O/c1-11-8-14(9-12(2)15(11)16)19-7-6-18-5-4-17-13(3)10-18/h8-9,13,17H,4-7,10H2,1-3H3. The highest BCUT2D eigenvalue weighted by atomic mass is 79.9. The molecule has 1 aromatic carbocycles. The molecule has 106 valence electrons. The molecule has 1 fully saturated rings. The molecule has 1 N–H and O–H groups in total. The van der Waals surface area contributed by atoms with Gasteiger partial charge in [0.25, 0.3) is 0 Å². The minimum atomic E-state index is 0.589. The Morgan fingerprint density at radius 3 is 2.68 bits per heavy atom. The van der Waals surface area contributed by atoms with E-state index >= 15 is 0 Å². The van der Waals surface area contributed by atoms with Crippen LogP contribution in [-0.4, -0.2) is 43.7 Å². The summed E-state index contributed by atoms with van der Waals surface area (Å²) in [6, 6.07) is 4.78. The van der Waals surface area contributed by atoms with E-state index < -0.39 is 0 Å². The van der Waals surface area contributed by atoms with Crippen LogP contribution < -0.4 is 10.1 Å². The van der Waals surface area contributed by atoms with Crippen molar-refractivity contribution in [2.45, 2.75) is 26.8 Å². The first-order valence-corrected chi connectivity index (χ1v) is 7.71. The van der Waals surface area contributed by atoms with E-state index in [0.29, 0.717) is 6.04 Å². The van der Waals surface area contributed by atoms with Gasteiger partial charge in [-0.2, -0.15) is 0 Å². The van der Waals surface area contributed by atoms with Crippen LogP contribution in [0.3, 0.4) is 0 Å². The molecule has 3 nitrogen and oxygen atoms in total. The highest BCUT2D eigenvalue weighted by Gasteiger charge is 2.14. The second kappa shape index (κ2) is 6.73. The van der Waals surface area contributed by atoms with Crippen LogP contribution in [0, 0.1) is 13.8 Å². The van der Waals surface area contributed by atoms with Crippen LogP contribution in [0.2, 0.25) is 0 Å². The summed E-state index contributed by atoms with van der Waals surface area (Å²) in [5.74, 6) is 0.974. The summed E-state index contributed by atoms with van der Waals surface area (Å²) in [4.78, 5) is 2.46. The van der Waals surface area contributed by atoms with E-state index in [4.69, 9.17) is 4.74 Å². The number of nitrogens with one attached hydrogen (secondary N) is 1. The Morgan fingerprint density at radius 2 is 2.05 bits per heavy atom. The lowest BCUT2D eigenvalue weighted by Crippen LogP contribution is -2.50. The summed E-state index contributed by atoms with van der Waals surface area (Å²) < 4.78 is 7.05. The zero-order chi connectivity index (χ0) is 13.8. The number of piperazine rings is 1. The predicted octanol–water partition coefficient (Wildman–Crippen LogP) is 2.74. The first-order valence-electron chi connectivity index (χ1n) is 6.91. The van der Waals surface area contributed by atoms with Crippen molar-refractivity contribution < 1.29 is 4.74 Å². The molecule has 0 bridgehead atoms. The molecule has 19 heavy (non-hydrogen) atoms. The number of hydrogen-bond donors (Lipinski definition) is 1. The number of benzene rings is 1. The molecule has 1 unspecified atom stereocenters. The Kier molecular flexibility index (Phi) is 5.25. The molecule has 0 spiro atoms. The zero-order valence-corrected chi connectivity index (χ0v) is 13.6. The van der Waals surface area contributed by atoms with Crippen LogP contribution >= 0.6 is 15.9 Å². The largest absolute Gasteiger partial charge is 0.492 e. The topological polar surface area (TPSA) is 24.5 Å². The van der Waals surface area contributed by atoms with Crippen molar-refractivity contribution in [1.29, 1.82) is 0 Å². The van der Waals surface area contributed by atoms with E-state index in [0.717, 1.165) is 38.5 Å². The van der Waals surface area contributed by atoms with E-state index in [-0.39, 0.29) is 0 Å². The lowest BCUT2D eigenvalue weighted by molar-refractivity contribution is 0.170. The third kappa shape index (κ3) is 4.20. The summed E-state index contributed by atoms with van der Waals surface area (Å²) in [5.41, 5.74) is 2.46. The number of aryl methyl sites for hydroxylation is 2. The van der Waals surface area contributed by atoms with E-state index in [1.165, 1.54) is 15.6 Å². The van der Waals surface area contributed by atoms with Crippen molar-refractivity contribution in [3.8, 4) is 5.75 Å².